The molecule has 1 aromatic rings. The van der Waals surface area contributed by atoms with Gasteiger partial charge in [-0.15, -0.1) is 0 Å². The van der Waals surface area contributed by atoms with Crippen LogP contribution in [0.4, 0.5) is 11.4 Å². The Morgan fingerprint density at radius 3 is 3.21 bits per heavy atom. The first-order valence-corrected chi connectivity index (χ1v) is 7.48. The molecule has 1 fully saturated rings. The molecule has 0 bridgehead atoms. The van der Waals surface area contributed by atoms with Crippen molar-refractivity contribution in [2.24, 2.45) is 5.92 Å². The molecule has 104 valence electrons. The number of piperidine rings is 1. The highest BCUT2D eigenvalue weighted by molar-refractivity contribution is 5.68. The maximum atomic E-state index is 5.34. The second-order valence-corrected chi connectivity index (χ2v) is 5.74. The number of anilines is 2. The van der Waals surface area contributed by atoms with Crippen LogP contribution in [-0.2, 0) is 11.2 Å². The molecule has 3 nitrogen and oxygen atoms in total. The van der Waals surface area contributed by atoms with Gasteiger partial charge in [-0.25, -0.2) is 0 Å². The summed E-state index contributed by atoms with van der Waals surface area (Å²) in [5.41, 5.74) is 4.31. The zero-order chi connectivity index (χ0) is 13.1. The fourth-order valence-electron chi connectivity index (χ4n) is 3.44. The number of nitrogens with one attached hydrogen (secondary N) is 1. The average molecular weight is 260 g/mol. The topological polar surface area (TPSA) is 24.5 Å². The molecule has 1 aromatic carbocycles. The predicted octanol–water partition coefficient (Wildman–Crippen LogP) is 2.91. The van der Waals surface area contributed by atoms with E-state index in [1.165, 1.54) is 49.2 Å². The number of methoxy groups -OCH3 is 1. The third kappa shape index (κ3) is 2.71. The van der Waals surface area contributed by atoms with Crippen molar-refractivity contribution in [1.82, 2.24) is 0 Å². The summed E-state index contributed by atoms with van der Waals surface area (Å²) in [4.78, 5) is 2.57. The van der Waals surface area contributed by atoms with Crippen LogP contribution in [0.5, 0.6) is 0 Å². The summed E-state index contributed by atoms with van der Waals surface area (Å²) in [6.45, 7) is 4.34. The lowest BCUT2D eigenvalue weighted by Gasteiger charge is -2.36. The van der Waals surface area contributed by atoms with Crippen LogP contribution in [0.2, 0.25) is 0 Å². The fourth-order valence-corrected chi connectivity index (χ4v) is 3.44. The van der Waals surface area contributed by atoms with E-state index in [2.05, 4.69) is 28.4 Å². The zero-order valence-electron chi connectivity index (χ0n) is 11.8. The molecule has 0 amide bonds. The van der Waals surface area contributed by atoms with Gasteiger partial charge in [0.2, 0.25) is 0 Å². The van der Waals surface area contributed by atoms with E-state index < -0.39 is 0 Å². The standard InChI is InChI=1S/C16H24N2O/c1-19-12-13-5-4-10-18(11-13)16-8-2-7-15-14(16)6-3-9-17-15/h2,7-8,13,17H,3-6,9-12H2,1H3. The van der Waals surface area contributed by atoms with Gasteiger partial charge in [0.1, 0.15) is 0 Å². The fraction of sp³-hybridized carbons (Fsp3) is 0.625. The highest BCUT2D eigenvalue weighted by Crippen LogP contribution is 2.33. The van der Waals surface area contributed by atoms with Crippen LogP contribution in [0.3, 0.4) is 0 Å². The van der Waals surface area contributed by atoms with E-state index in [1.54, 1.807) is 0 Å². The predicted molar refractivity (Wildman–Crippen MR) is 80.1 cm³/mol. The van der Waals surface area contributed by atoms with E-state index in [0.29, 0.717) is 5.92 Å². The summed E-state index contributed by atoms with van der Waals surface area (Å²) < 4.78 is 5.34. The normalized spacial score (nSPS) is 22.8. The number of nitrogens with zero attached hydrogens (tertiary/aromatic N) is 1. The van der Waals surface area contributed by atoms with E-state index in [1.807, 2.05) is 7.11 Å². The van der Waals surface area contributed by atoms with Gasteiger partial charge in [0.05, 0.1) is 6.61 Å². The lowest BCUT2D eigenvalue weighted by Crippen LogP contribution is -2.38. The summed E-state index contributed by atoms with van der Waals surface area (Å²) >= 11 is 0. The Balaban J connectivity index is 1.81. The molecule has 0 saturated carbocycles. The molecular formula is C16H24N2O. The van der Waals surface area contributed by atoms with Gasteiger partial charge in [0.15, 0.2) is 0 Å². The molecule has 19 heavy (non-hydrogen) atoms. The van der Waals surface area contributed by atoms with Crippen LogP contribution in [0, 0.1) is 5.92 Å². The average Bonchev–Trinajstić information content (AvgIpc) is 2.47. The summed E-state index contributed by atoms with van der Waals surface area (Å²) in [6, 6.07) is 6.70. The van der Waals surface area contributed by atoms with Gasteiger partial charge in [0, 0.05) is 38.1 Å². The van der Waals surface area contributed by atoms with Crippen LogP contribution in [0.25, 0.3) is 0 Å². The summed E-state index contributed by atoms with van der Waals surface area (Å²) in [5, 5.41) is 3.53. The number of hydrogen-bond acceptors (Lipinski definition) is 3. The number of hydrogen-bond donors (Lipinski definition) is 1. The molecule has 2 aliphatic rings. The highest BCUT2D eigenvalue weighted by atomic mass is 16.5. The highest BCUT2D eigenvalue weighted by Gasteiger charge is 2.23. The van der Waals surface area contributed by atoms with Crippen molar-refractivity contribution < 1.29 is 4.74 Å². The van der Waals surface area contributed by atoms with E-state index in [-0.39, 0.29) is 0 Å². The maximum Gasteiger partial charge on any atom is 0.0507 e. The largest absolute Gasteiger partial charge is 0.385 e. The van der Waals surface area contributed by atoms with Gasteiger partial charge in [-0.1, -0.05) is 6.07 Å². The van der Waals surface area contributed by atoms with Crippen molar-refractivity contribution in [1.29, 1.82) is 0 Å². The van der Waals surface area contributed by atoms with E-state index >= 15 is 0 Å². The maximum absolute atomic E-state index is 5.34. The quantitative estimate of drug-likeness (QED) is 0.904. The molecule has 3 heteroatoms. The van der Waals surface area contributed by atoms with Crippen LogP contribution < -0.4 is 10.2 Å². The minimum atomic E-state index is 0.686. The molecule has 0 aromatic heterocycles. The second kappa shape index (κ2) is 5.83. The number of fused-ring (bicyclic) bond motifs is 1. The Bertz CT molecular complexity index is 431. The van der Waals surface area contributed by atoms with E-state index in [4.69, 9.17) is 4.74 Å². The lowest BCUT2D eigenvalue weighted by molar-refractivity contribution is 0.143. The summed E-state index contributed by atoms with van der Waals surface area (Å²) in [6.07, 6.45) is 5.05. The van der Waals surface area contributed by atoms with Gasteiger partial charge in [-0.3, -0.25) is 0 Å². The van der Waals surface area contributed by atoms with Gasteiger partial charge >= 0.3 is 0 Å². The Hall–Kier alpha value is -1.22. The first kappa shape index (κ1) is 12.8. The van der Waals surface area contributed by atoms with Crippen molar-refractivity contribution in [2.45, 2.75) is 25.7 Å². The Morgan fingerprint density at radius 2 is 2.32 bits per heavy atom. The molecule has 1 saturated heterocycles. The monoisotopic (exact) mass is 260 g/mol. The van der Waals surface area contributed by atoms with Crippen molar-refractivity contribution in [2.75, 3.05) is 43.6 Å². The minimum Gasteiger partial charge on any atom is -0.385 e. The van der Waals surface area contributed by atoms with Gasteiger partial charge in [-0.05, 0) is 49.3 Å². The van der Waals surface area contributed by atoms with Crippen LogP contribution in [0.15, 0.2) is 18.2 Å². The van der Waals surface area contributed by atoms with Crippen LogP contribution >= 0.6 is 0 Å². The lowest BCUT2D eigenvalue weighted by atomic mass is 9.95. The summed E-state index contributed by atoms with van der Waals surface area (Å²) in [5.74, 6) is 0.686. The molecule has 2 aliphatic heterocycles. The van der Waals surface area contributed by atoms with E-state index in [0.717, 1.165) is 19.7 Å². The van der Waals surface area contributed by atoms with Crippen molar-refractivity contribution >= 4 is 11.4 Å². The third-order valence-electron chi connectivity index (χ3n) is 4.33. The number of rotatable bonds is 3. The zero-order valence-corrected chi connectivity index (χ0v) is 11.8. The van der Waals surface area contributed by atoms with Gasteiger partial charge in [-0.2, -0.15) is 0 Å². The molecule has 1 atom stereocenters. The Labute approximate surface area is 115 Å². The van der Waals surface area contributed by atoms with Crippen LogP contribution in [0.1, 0.15) is 24.8 Å². The molecule has 0 aliphatic carbocycles. The molecule has 1 N–H and O–H groups in total. The smallest absolute Gasteiger partial charge is 0.0507 e. The molecule has 1 unspecified atom stereocenters. The first-order valence-electron chi connectivity index (χ1n) is 7.48. The third-order valence-corrected chi connectivity index (χ3v) is 4.33. The SMILES string of the molecule is COCC1CCCN(c2cccc3c2CCCN3)C1. The Morgan fingerprint density at radius 1 is 1.37 bits per heavy atom. The number of benzene rings is 1. The van der Waals surface area contributed by atoms with Crippen molar-refractivity contribution in [3.05, 3.63) is 23.8 Å². The van der Waals surface area contributed by atoms with E-state index in [9.17, 15) is 0 Å². The van der Waals surface area contributed by atoms with Crippen molar-refractivity contribution in [3.8, 4) is 0 Å². The van der Waals surface area contributed by atoms with Crippen molar-refractivity contribution in [3.63, 3.8) is 0 Å². The van der Waals surface area contributed by atoms with Gasteiger partial charge < -0.3 is 15.0 Å². The number of ether oxygens (including phenoxy) is 1. The second-order valence-electron chi connectivity index (χ2n) is 5.74. The Kier molecular flexibility index (Phi) is 3.92. The minimum absolute atomic E-state index is 0.686. The molecule has 2 heterocycles. The molecule has 0 radical (unpaired) electrons. The summed E-state index contributed by atoms with van der Waals surface area (Å²) in [7, 11) is 1.81. The molecule has 3 rings (SSSR count). The molecular weight excluding hydrogens is 236 g/mol. The van der Waals surface area contributed by atoms with Gasteiger partial charge in [0.25, 0.3) is 0 Å². The van der Waals surface area contributed by atoms with Crippen LogP contribution in [-0.4, -0.2) is 33.4 Å². The molecule has 0 spiro atoms. The first-order chi connectivity index (χ1) is 9.38.